The molecule has 0 radical (unpaired) electrons. The van der Waals surface area contributed by atoms with Crippen LogP contribution >= 0.6 is 0 Å². The molecule has 4 aromatic rings. The number of hydrogen-bond acceptors (Lipinski definition) is 5. The summed E-state index contributed by atoms with van der Waals surface area (Å²) in [4.78, 5) is 20.4. The average Bonchev–Trinajstić information content (AvgIpc) is 3.29. The topological polar surface area (TPSA) is 67.5 Å². The van der Waals surface area contributed by atoms with Crippen molar-refractivity contribution >= 4 is 34.1 Å². The second-order valence-corrected chi connectivity index (χ2v) is 6.47. The van der Waals surface area contributed by atoms with E-state index in [0.29, 0.717) is 33.4 Å². The Bertz CT molecular complexity index is 1320. The van der Waals surface area contributed by atoms with Gasteiger partial charge in [0.05, 0.1) is 25.4 Å². The highest BCUT2D eigenvalue weighted by Gasteiger charge is 2.42. The average molecular weight is 431 g/mol. The third kappa shape index (κ3) is 3.35. The lowest BCUT2D eigenvalue weighted by Gasteiger charge is -2.11. The summed E-state index contributed by atoms with van der Waals surface area (Å²) < 4.78 is 51.9. The van der Waals surface area contributed by atoms with Crippen molar-refractivity contribution in [2.75, 3.05) is 14.2 Å². The third-order valence-corrected chi connectivity index (χ3v) is 4.74. The van der Waals surface area contributed by atoms with Crippen LogP contribution in [0.1, 0.15) is 0 Å². The molecule has 0 bridgehead atoms. The predicted molar refractivity (Wildman–Crippen MR) is 108 cm³/mol. The fourth-order valence-electron chi connectivity index (χ4n) is 3.36. The minimum Gasteiger partial charge on any atom is -0.493 e. The van der Waals surface area contributed by atoms with Gasteiger partial charge in [0.25, 0.3) is 0 Å². The maximum atomic E-state index is 12.9. The molecule has 4 rings (SSSR count). The van der Waals surface area contributed by atoms with Crippen molar-refractivity contribution in [3.63, 3.8) is 0 Å². The number of carbonyl (C=O) groups is 1. The van der Waals surface area contributed by atoms with Crippen LogP contribution in [-0.2, 0) is 4.79 Å². The lowest BCUT2D eigenvalue weighted by molar-refractivity contribution is -0.199. The molecule has 0 aliphatic heterocycles. The Balaban J connectivity index is 2.02. The molecule has 0 saturated heterocycles. The molecule has 160 valence electrons. The number of benzene rings is 1. The fourth-order valence-corrected chi connectivity index (χ4v) is 3.36. The van der Waals surface area contributed by atoms with Crippen LogP contribution in [0.5, 0.6) is 11.5 Å². The Hall–Kier alpha value is -3.95. The number of pyridine rings is 1. The van der Waals surface area contributed by atoms with Crippen LogP contribution in [0.2, 0.25) is 0 Å². The molecule has 0 saturated carbocycles. The van der Waals surface area contributed by atoms with E-state index >= 15 is 0 Å². The van der Waals surface area contributed by atoms with E-state index in [1.54, 1.807) is 41.1 Å². The molecule has 0 amide bonds. The van der Waals surface area contributed by atoms with Gasteiger partial charge in [-0.25, -0.2) is 9.78 Å². The zero-order valence-electron chi connectivity index (χ0n) is 16.4. The first kappa shape index (κ1) is 20.3. The third-order valence-electron chi connectivity index (χ3n) is 4.74. The smallest absolute Gasteiger partial charge is 0.493 e. The van der Waals surface area contributed by atoms with Gasteiger partial charge in [0.1, 0.15) is 0 Å². The summed E-state index contributed by atoms with van der Waals surface area (Å²) in [5.41, 5.74) is 1.40. The highest BCUT2D eigenvalue weighted by molar-refractivity contribution is 6.00. The monoisotopic (exact) mass is 431 g/mol. The van der Waals surface area contributed by atoms with E-state index < -0.39 is 12.1 Å². The number of aromatic nitrogens is 3. The van der Waals surface area contributed by atoms with Crippen LogP contribution in [0.25, 0.3) is 39.4 Å². The number of rotatable bonds is 5. The molecule has 0 fully saturated rings. The normalized spacial score (nSPS) is 11.6. The van der Waals surface area contributed by atoms with Crippen LogP contribution in [-0.4, -0.2) is 40.6 Å². The molecule has 0 unspecified atom stereocenters. The summed E-state index contributed by atoms with van der Waals surface area (Å²) in [5.74, 6) is -1.47. The molecular formula is C21H16F3N3O4. The summed E-state index contributed by atoms with van der Waals surface area (Å²) in [5, 5.41) is 1.11. The van der Waals surface area contributed by atoms with Crippen molar-refractivity contribution in [3.8, 4) is 22.8 Å². The lowest BCUT2D eigenvalue weighted by atomic mass is 10.1. The zero-order chi connectivity index (χ0) is 22.3. The van der Waals surface area contributed by atoms with Gasteiger partial charge in [0.2, 0.25) is 0 Å². The van der Waals surface area contributed by atoms with E-state index in [4.69, 9.17) is 14.3 Å². The first-order valence-corrected chi connectivity index (χ1v) is 8.94. The van der Waals surface area contributed by atoms with Gasteiger partial charge in [-0.2, -0.15) is 17.9 Å². The molecule has 0 aliphatic rings. The molecule has 0 aliphatic carbocycles. The van der Waals surface area contributed by atoms with E-state index in [1.165, 1.54) is 26.6 Å². The molecule has 0 atom stereocenters. The molecule has 1 aromatic carbocycles. The van der Waals surface area contributed by atoms with E-state index in [-0.39, 0.29) is 11.3 Å². The Morgan fingerprint density at radius 2 is 1.87 bits per heavy atom. The number of halogens is 3. The zero-order valence-corrected chi connectivity index (χ0v) is 16.4. The summed E-state index contributed by atoms with van der Waals surface area (Å²) in [7, 11) is 2.96. The van der Waals surface area contributed by atoms with Gasteiger partial charge in [-0.3, -0.25) is 0 Å². The van der Waals surface area contributed by atoms with E-state index in [9.17, 15) is 18.0 Å². The number of ether oxygens (including phenoxy) is 2. The summed E-state index contributed by atoms with van der Waals surface area (Å²) in [6.45, 7) is 3.77. The number of methoxy groups -OCH3 is 2. The maximum absolute atomic E-state index is 12.9. The van der Waals surface area contributed by atoms with Gasteiger partial charge < -0.3 is 18.9 Å². The number of nitrogens with zero attached hydrogens (tertiary/aromatic N) is 3. The van der Waals surface area contributed by atoms with Gasteiger partial charge in [-0.15, -0.1) is 0 Å². The summed E-state index contributed by atoms with van der Waals surface area (Å²) in [6, 6.07) is 8.27. The maximum Gasteiger partial charge on any atom is 0.493 e. The quantitative estimate of drug-likeness (QED) is 0.472. The Kier molecular flexibility index (Phi) is 4.84. The summed E-state index contributed by atoms with van der Waals surface area (Å²) in [6.07, 6.45) is -0.591. The fraction of sp³-hybridized carbons (Fsp3) is 0.143. The Labute approximate surface area is 173 Å². The Morgan fingerprint density at radius 3 is 2.52 bits per heavy atom. The highest BCUT2D eigenvalue weighted by atomic mass is 19.4. The molecular weight excluding hydrogens is 415 g/mol. The van der Waals surface area contributed by atoms with Crippen LogP contribution in [0.3, 0.4) is 0 Å². The van der Waals surface area contributed by atoms with Crippen molar-refractivity contribution in [1.82, 2.24) is 14.3 Å². The van der Waals surface area contributed by atoms with Crippen LogP contribution in [0.15, 0.2) is 49.3 Å². The van der Waals surface area contributed by atoms with Gasteiger partial charge in [0, 0.05) is 41.0 Å². The minimum atomic E-state index is -5.17. The van der Waals surface area contributed by atoms with Crippen molar-refractivity contribution in [3.05, 3.63) is 49.3 Å². The van der Waals surface area contributed by atoms with Crippen LogP contribution in [0.4, 0.5) is 13.2 Å². The molecule has 7 nitrogen and oxygen atoms in total. The van der Waals surface area contributed by atoms with Crippen molar-refractivity contribution in [2.45, 2.75) is 6.18 Å². The highest BCUT2D eigenvalue weighted by Crippen LogP contribution is 2.39. The van der Waals surface area contributed by atoms with Gasteiger partial charge in [0.15, 0.2) is 17.1 Å². The van der Waals surface area contributed by atoms with E-state index in [1.807, 2.05) is 0 Å². The van der Waals surface area contributed by atoms with E-state index in [2.05, 4.69) is 11.6 Å². The van der Waals surface area contributed by atoms with Crippen molar-refractivity contribution in [1.29, 1.82) is 0 Å². The first-order valence-electron chi connectivity index (χ1n) is 8.94. The molecule has 0 N–H and O–H groups in total. The molecule has 0 spiro atoms. The SMILES string of the molecule is C=Cn1cc(-c2cc3cccnc3n2OC(=O)C(F)(F)F)c2cc(OC)c(OC)cc21. The van der Waals surface area contributed by atoms with Gasteiger partial charge in [-0.05, 0) is 24.3 Å². The van der Waals surface area contributed by atoms with Crippen LogP contribution < -0.4 is 14.3 Å². The number of fused-ring (bicyclic) bond motifs is 2. The van der Waals surface area contributed by atoms with E-state index in [0.717, 1.165) is 4.73 Å². The molecule has 10 heteroatoms. The second kappa shape index (κ2) is 7.38. The molecule has 3 aromatic heterocycles. The number of carbonyl (C=O) groups excluding carboxylic acids is 1. The van der Waals surface area contributed by atoms with Crippen molar-refractivity contribution in [2.24, 2.45) is 0 Å². The molecule has 31 heavy (non-hydrogen) atoms. The van der Waals surface area contributed by atoms with Gasteiger partial charge in [-0.1, -0.05) is 6.58 Å². The Morgan fingerprint density at radius 1 is 1.16 bits per heavy atom. The summed E-state index contributed by atoms with van der Waals surface area (Å²) >= 11 is 0. The largest absolute Gasteiger partial charge is 0.493 e. The van der Waals surface area contributed by atoms with Crippen molar-refractivity contribution < 1.29 is 32.3 Å². The van der Waals surface area contributed by atoms with Crippen LogP contribution in [0, 0.1) is 0 Å². The molecule has 3 heterocycles. The number of hydrogen-bond donors (Lipinski definition) is 0. The first-order chi connectivity index (χ1) is 14.8. The standard InChI is InChI=1S/C21H16F3N3O4/c1-4-26-11-14(13-9-17(29-2)18(30-3)10-15(13)26)16-8-12-6-5-7-25-19(12)27(16)31-20(28)21(22,23)24/h4-11H,1H2,2-3H3. The predicted octanol–water partition coefficient (Wildman–Crippen LogP) is 4.29. The minimum absolute atomic E-state index is 0.0649. The second-order valence-electron chi connectivity index (χ2n) is 6.47. The number of alkyl halides is 3. The van der Waals surface area contributed by atoms with Gasteiger partial charge >= 0.3 is 12.1 Å². The lowest BCUT2D eigenvalue weighted by Crippen LogP contribution is -2.33.